The van der Waals surface area contributed by atoms with Crippen LogP contribution in [0.3, 0.4) is 0 Å². The molecule has 6 rings (SSSR count). The van der Waals surface area contributed by atoms with Crippen LogP contribution in [0.5, 0.6) is 0 Å². The van der Waals surface area contributed by atoms with Crippen molar-refractivity contribution in [3.63, 3.8) is 0 Å². The van der Waals surface area contributed by atoms with E-state index in [4.69, 9.17) is 10.7 Å². The molecule has 5 nitrogen and oxygen atoms in total. The Bertz CT molecular complexity index is 1800. The number of benzene rings is 4. The van der Waals surface area contributed by atoms with Gasteiger partial charge in [-0.25, -0.2) is 9.98 Å². The van der Waals surface area contributed by atoms with E-state index in [2.05, 4.69) is 69.6 Å². The molecule has 2 N–H and O–H groups in total. The maximum Gasteiger partial charge on any atom is 0.157 e. The van der Waals surface area contributed by atoms with Gasteiger partial charge in [0.25, 0.3) is 0 Å². The van der Waals surface area contributed by atoms with E-state index < -0.39 is 0 Å². The molecule has 0 saturated heterocycles. The van der Waals surface area contributed by atoms with Crippen molar-refractivity contribution in [2.24, 2.45) is 15.7 Å². The van der Waals surface area contributed by atoms with E-state index in [1.54, 1.807) is 7.05 Å². The van der Waals surface area contributed by atoms with Crippen LogP contribution in [-0.2, 0) is 0 Å². The molecule has 5 heteroatoms. The second-order valence-corrected chi connectivity index (χ2v) is 8.53. The third-order valence-electron chi connectivity index (χ3n) is 6.38. The molecule has 36 heavy (non-hydrogen) atoms. The van der Waals surface area contributed by atoms with Crippen LogP contribution in [0.25, 0.3) is 43.8 Å². The lowest BCUT2D eigenvalue weighted by molar-refractivity contribution is 1.37. The number of rotatable bonds is 3. The lowest BCUT2D eigenvalue weighted by Gasteiger charge is -2.12. The fourth-order valence-electron chi connectivity index (χ4n) is 4.61. The van der Waals surface area contributed by atoms with Crippen LogP contribution in [0.15, 0.2) is 119 Å². The summed E-state index contributed by atoms with van der Waals surface area (Å²) in [5, 5.41) is 4.26. The predicted octanol–water partition coefficient (Wildman–Crippen LogP) is 6.39. The molecule has 4 aromatic carbocycles. The highest BCUT2D eigenvalue weighted by molar-refractivity contribution is 6.17. The predicted molar refractivity (Wildman–Crippen MR) is 150 cm³/mol. The van der Waals surface area contributed by atoms with Crippen LogP contribution in [-0.4, -0.2) is 28.7 Å². The summed E-state index contributed by atoms with van der Waals surface area (Å²) in [6.07, 6.45) is 1.81. The van der Waals surface area contributed by atoms with Gasteiger partial charge >= 0.3 is 0 Å². The van der Waals surface area contributed by atoms with Crippen LogP contribution in [0.1, 0.15) is 11.1 Å². The first-order chi connectivity index (χ1) is 17.7. The fourth-order valence-corrected chi connectivity index (χ4v) is 4.61. The summed E-state index contributed by atoms with van der Waals surface area (Å²) in [5.41, 5.74) is 11.8. The average Bonchev–Trinajstić information content (AvgIpc) is 2.95. The number of fused-ring (bicyclic) bond motifs is 4. The second-order valence-electron chi connectivity index (χ2n) is 8.53. The number of hydrogen-bond acceptors (Lipinski definition) is 3. The van der Waals surface area contributed by atoms with Gasteiger partial charge in [0.2, 0.25) is 0 Å². The lowest BCUT2D eigenvalue weighted by Crippen LogP contribution is -2.16. The number of nitrogens with zero attached hydrogens (tertiary/aromatic N) is 4. The van der Waals surface area contributed by atoms with Crippen molar-refractivity contribution in [2.45, 2.75) is 0 Å². The Hall–Kier alpha value is -4.90. The largest absolute Gasteiger partial charge is 0.383 e. The minimum atomic E-state index is 0.430. The van der Waals surface area contributed by atoms with Gasteiger partial charge in [0.1, 0.15) is 5.84 Å². The molecule has 0 unspecified atom stereocenters. The Kier molecular flexibility index (Phi) is 5.43. The fraction of sp³-hybridized carbons (Fsp3) is 0.0323. The van der Waals surface area contributed by atoms with Crippen LogP contribution < -0.4 is 5.73 Å². The molecule has 0 radical (unpaired) electrons. The van der Waals surface area contributed by atoms with E-state index in [-0.39, 0.29) is 0 Å². The highest BCUT2D eigenvalue weighted by Crippen LogP contribution is 2.32. The molecule has 0 spiro atoms. The third kappa shape index (κ3) is 3.77. The Balaban J connectivity index is 1.51. The maximum atomic E-state index is 6.33. The monoisotopic (exact) mass is 465 g/mol. The molecule has 0 atom stereocenters. The molecule has 0 aliphatic rings. The number of hydrogen-bond donors (Lipinski definition) is 1. The summed E-state index contributed by atoms with van der Waals surface area (Å²) in [4.78, 5) is 18.8. The quantitative estimate of drug-likeness (QED) is 0.187. The summed E-state index contributed by atoms with van der Waals surface area (Å²) < 4.78 is 0. The molecule has 172 valence electrons. The van der Waals surface area contributed by atoms with Gasteiger partial charge in [-0.05, 0) is 29.0 Å². The average molecular weight is 466 g/mol. The van der Waals surface area contributed by atoms with Crippen LogP contribution in [0.4, 0.5) is 0 Å². The second kappa shape index (κ2) is 9.04. The Morgan fingerprint density at radius 2 is 1.42 bits per heavy atom. The molecule has 0 aliphatic heterocycles. The minimum Gasteiger partial charge on any atom is -0.383 e. The molecular formula is C31H23N5. The highest BCUT2D eigenvalue weighted by Gasteiger charge is 2.14. The summed E-state index contributed by atoms with van der Waals surface area (Å²) >= 11 is 0. The first-order valence-electron chi connectivity index (χ1n) is 11.8. The SMILES string of the molecule is CN=C(N=C(N)c1ccccc1)c1ccc(-c2ccc3ccc4cccnc4c3n2)c2ccccc12. The zero-order valence-electron chi connectivity index (χ0n) is 19.8. The van der Waals surface area contributed by atoms with Gasteiger partial charge in [-0.3, -0.25) is 9.98 Å². The van der Waals surface area contributed by atoms with E-state index in [0.717, 1.165) is 55.0 Å². The summed E-state index contributed by atoms with van der Waals surface area (Å²) in [5.74, 6) is 1.01. The normalized spacial score (nSPS) is 12.5. The van der Waals surface area contributed by atoms with Crippen molar-refractivity contribution >= 4 is 44.2 Å². The van der Waals surface area contributed by atoms with Gasteiger partial charge in [-0.15, -0.1) is 0 Å². The first-order valence-corrected chi connectivity index (χ1v) is 11.8. The molecule has 0 saturated carbocycles. The van der Waals surface area contributed by atoms with Crippen molar-refractivity contribution in [2.75, 3.05) is 7.05 Å². The zero-order valence-corrected chi connectivity index (χ0v) is 19.8. The van der Waals surface area contributed by atoms with Gasteiger partial charge in [-0.1, -0.05) is 84.9 Å². The topological polar surface area (TPSA) is 76.5 Å². The van der Waals surface area contributed by atoms with Gasteiger partial charge in [-0.2, -0.15) is 0 Å². The Morgan fingerprint density at radius 1 is 0.694 bits per heavy atom. The van der Waals surface area contributed by atoms with Crippen molar-refractivity contribution in [3.05, 3.63) is 120 Å². The lowest BCUT2D eigenvalue weighted by atomic mass is 9.96. The molecule has 0 bridgehead atoms. The van der Waals surface area contributed by atoms with E-state index >= 15 is 0 Å². The first kappa shape index (κ1) is 21.6. The number of nitrogens with two attached hydrogens (primary N) is 1. The van der Waals surface area contributed by atoms with Crippen molar-refractivity contribution in [1.82, 2.24) is 9.97 Å². The van der Waals surface area contributed by atoms with Crippen molar-refractivity contribution < 1.29 is 0 Å². The number of aliphatic imine (C=N–C) groups is 2. The molecule has 2 heterocycles. The summed E-state index contributed by atoms with van der Waals surface area (Å²) in [7, 11) is 1.74. The van der Waals surface area contributed by atoms with Crippen molar-refractivity contribution in [1.29, 1.82) is 0 Å². The van der Waals surface area contributed by atoms with Gasteiger partial charge in [0.05, 0.1) is 16.7 Å². The molecule has 0 amide bonds. The molecule has 6 aromatic rings. The Labute approximate surface area is 208 Å². The highest BCUT2D eigenvalue weighted by atomic mass is 15.0. The van der Waals surface area contributed by atoms with Gasteiger partial charge in [0, 0.05) is 40.7 Å². The summed E-state index contributed by atoms with van der Waals surface area (Å²) in [6.45, 7) is 0. The van der Waals surface area contributed by atoms with Gasteiger partial charge in [0.15, 0.2) is 5.84 Å². The van der Waals surface area contributed by atoms with E-state index in [1.807, 2.05) is 54.7 Å². The Morgan fingerprint density at radius 3 is 2.22 bits per heavy atom. The van der Waals surface area contributed by atoms with E-state index in [0.29, 0.717) is 11.7 Å². The summed E-state index contributed by atoms with van der Waals surface area (Å²) in [6, 6.07) is 34.5. The van der Waals surface area contributed by atoms with E-state index in [9.17, 15) is 0 Å². The van der Waals surface area contributed by atoms with Gasteiger partial charge < -0.3 is 5.73 Å². The third-order valence-corrected chi connectivity index (χ3v) is 6.38. The van der Waals surface area contributed by atoms with Crippen LogP contribution >= 0.6 is 0 Å². The number of aromatic nitrogens is 2. The van der Waals surface area contributed by atoms with Crippen LogP contribution in [0, 0.1) is 0 Å². The molecular weight excluding hydrogens is 442 g/mol. The van der Waals surface area contributed by atoms with Crippen molar-refractivity contribution in [3.8, 4) is 11.3 Å². The molecule has 0 fully saturated rings. The minimum absolute atomic E-state index is 0.430. The standard InChI is InChI=1S/C31H23N5/c1-33-31(36-30(32)22-8-3-2-4-9-22)26-17-16-25(23-11-5-6-12-24(23)26)27-18-15-21-14-13-20-10-7-19-34-28(20)29(21)35-27/h2-19H,1H3,(H2,32,33,36). The number of amidine groups is 2. The maximum absolute atomic E-state index is 6.33. The number of pyridine rings is 2. The zero-order chi connectivity index (χ0) is 24.5. The van der Waals surface area contributed by atoms with E-state index in [1.165, 1.54) is 0 Å². The smallest absolute Gasteiger partial charge is 0.157 e. The molecule has 2 aromatic heterocycles. The van der Waals surface area contributed by atoms with Crippen LogP contribution in [0.2, 0.25) is 0 Å². The molecule has 0 aliphatic carbocycles.